The maximum Gasteiger partial charge on any atom is 0.170 e. The number of anilines is 1. The zero-order valence-corrected chi connectivity index (χ0v) is 12.5. The van der Waals surface area contributed by atoms with E-state index in [0.717, 1.165) is 18.7 Å². The zero-order valence-electron chi connectivity index (χ0n) is 11.7. The Labute approximate surface area is 120 Å². The van der Waals surface area contributed by atoms with Crippen LogP contribution < -0.4 is 10.6 Å². The summed E-state index contributed by atoms with van der Waals surface area (Å²) in [5.41, 5.74) is 0.806. The maximum atomic E-state index is 12.8. The summed E-state index contributed by atoms with van der Waals surface area (Å²) in [5, 5.41) is 6.89. The lowest BCUT2D eigenvalue weighted by Gasteiger charge is -2.17. The van der Waals surface area contributed by atoms with Gasteiger partial charge in [-0.15, -0.1) is 0 Å². The summed E-state index contributed by atoms with van der Waals surface area (Å²) < 4.78 is 12.8. The van der Waals surface area contributed by atoms with E-state index in [2.05, 4.69) is 24.5 Å². The SMILES string of the molecule is CCCC[C@H](CC)CNC(=S)Nc1ccc(F)cc1. The second-order valence-corrected chi connectivity index (χ2v) is 5.17. The van der Waals surface area contributed by atoms with Gasteiger partial charge in [0.2, 0.25) is 0 Å². The molecule has 0 fully saturated rings. The number of nitrogens with one attached hydrogen (secondary N) is 2. The van der Waals surface area contributed by atoms with E-state index in [1.165, 1.54) is 31.4 Å². The lowest BCUT2D eigenvalue weighted by Crippen LogP contribution is -2.32. The van der Waals surface area contributed by atoms with E-state index in [1.807, 2.05) is 0 Å². The van der Waals surface area contributed by atoms with E-state index < -0.39 is 0 Å². The van der Waals surface area contributed by atoms with Gasteiger partial charge >= 0.3 is 0 Å². The first-order valence-corrected chi connectivity index (χ1v) is 7.37. The molecule has 1 atom stereocenters. The fourth-order valence-corrected chi connectivity index (χ4v) is 2.09. The quantitative estimate of drug-likeness (QED) is 0.728. The van der Waals surface area contributed by atoms with Crippen LogP contribution in [-0.2, 0) is 0 Å². The third-order valence-corrected chi connectivity index (χ3v) is 3.44. The zero-order chi connectivity index (χ0) is 14.1. The number of hydrogen-bond acceptors (Lipinski definition) is 1. The van der Waals surface area contributed by atoms with Crippen LogP contribution in [0.4, 0.5) is 10.1 Å². The smallest absolute Gasteiger partial charge is 0.170 e. The van der Waals surface area contributed by atoms with Gasteiger partial charge in [-0.25, -0.2) is 4.39 Å². The summed E-state index contributed by atoms with van der Waals surface area (Å²) in [7, 11) is 0. The third-order valence-electron chi connectivity index (χ3n) is 3.20. The van der Waals surface area contributed by atoms with E-state index in [1.54, 1.807) is 12.1 Å². The van der Waals surface area contributed by atoms with Gasteiger partial charge < -0.3 is 10.6 Å². The number of rotatable bonds is 7. The molecule has 1 rings (SSSR count). The Balaban J connectivity index is 2.32. The number of thiocarbonyl (C=S) groups is 1. The summed E-state index contributed by atoms with van der Waals surface area (Å²) in [4.78, 5) is 0. The Bertz CT molecular complexity index is 378. The Morgan fingerprint density at radius 3 is 2.53 bits per heavy atom. The van der Waals surface area contributed by atoms with Crippen molar-refractivity contribution in [1.29, 1.82) is 0 Å². The van der Waals surface area contributed by atoms with E-state index in [4.69, 9.17) is 12.2 Å². The van der Waals surface area contributed by atoms with Gasteiger partial charge in [-0.1, -0.05) is 33.1 Å². The van der Waals surface area contributed by atoms with Crippen LogP contribution in [0.1, 0.15) is 39.5 Å². The van der Waals surface area contributed by atoms with Crippen molar-refractivity contribution in [3.8, 4) is 0 Å². The fourth-order valence-electron chi connectivity index (χ4n) is 1.89. The summed E-state index contributed by atoms with van der Waals surface area (Å²) in [6.07, 6.45) is 4.89. The average molecular weight is 282 g/mol. The van der Waals surface area contributed by atoms with Gasteiger partial charge in [0.25, 0.3) is 0 Å². The monoisotopic (exact) mass is 282 g/mol. The molecule has 19 heavy (non-hydrogen) atoms. The molecule has 106 valence electrons. The van der Waals surface area contributed by atoms with Gasteiger partial charge in [0, 0.05) is 12.2 Å². The third kappa shape index (κ3) is 6.53. The van der Waals surface area contributed by atoms with Crippen LogP contribution in [0.3, 0.4) is 0 Å². The second-order valence-electron chi connectivity index (χ2n) is 4.76. The minimum atomic E-state index is -0.241. The minimum Gasteiger partial charge on any atom is -0.362 e. The van der Waals surface area contributed by atoms with Crippen molar-refractivity contribution in [2.75, 3.05) is 11.9 Å². The number of benzene rings is 1. The van der Waals surface area contributed by atoms with Crippen molar-refractivity contribution in [1.82, 2.24) is 5.32 Å². The highest BCUT2D eigenvalue weighted by Gasteiger charge is 2.06. The summed E-state index contributed by atoms with van der Waals surface area (Å²) in [5.74, 6) is 0.419. The molecule has 0 aliphatic heterocycles. The van der Waals surface area contributed by atoms with Crippen molar-refractivity contribution in [2.45, 2.75) is 39.5 Å². The molecule has 0 saturated carbocycles. The maximum absolute atomic E-state index is 12.8. The Kier molecular flexibility index (Phi) is 7.41. The highest BCUT2D eigenvalue weighted by molar-refractivity contribution is 7.80. The lowest BCUT2D eigenvalue weighted by molar-refractivity contribution is 0.446. The molecule has 0 radical (unpaired) electrons. The van der Waals surface area contributed by atoms with E-state index in [-0.39, 0.29) is 5.82 Å². The Hall–Kier alpha value is -1.16. The highest BCUT2D eigenvalue weighted by atomic mass is 32.1. The molecular formula is C15H23FN2S. The first kappa shape index (κ1) is 15.9. The molecule has 0 bridgehead atoms. The molecule has 0 heterocycles. The molecule has 1 aromatic carbocycles. The molecule has 2 N–H and O–H groups in total. The van der Waals surface area contributed by atoms with Crippen molar-refractivity contribution >= 4 is 23.0 Å². The van der Waals surface area contributed by atoms with Crippen LogP contribution in [0.2, 0.25) is 0 Å². The first-order chi connectivity index (χ1) is 9.15. The predicted octanol–water partition coefficient (Wildman–Crippen LogP) is 4.33. The molecule has 0 amide bonds. The van der Waals surface area contributed by atoms with Gasteiger partial charge in [-0.05, 0) is 48.8 Å². The van der Waals surface area contributed by atoms with Crippen LogP contribution in [0, 0.1) is 11.7 Å². The van der Waals surface area contributed by atoms with Gasteiger partial charge in [0.15, 0.2) is 5.11 Å². The van der Waals surface area contributed by atoms with Crippen molar-refractivity contribution in [3.63, 3.8) is 0 Å². The van der Waals surface area contributed by atoms with Gasteiger partial charge in [0.1, 0.15) is 5.82 Å². The summed E-state index contributed by atoms with van der Waals surface area (Å²) in [6.45, 7) is 5.31. The average Bonchev–Trinajstić information content (AvgIpc) is 2.42. The molecule has 2 nitrogen and oxygen atoms in total. The van der Waals surface area contributed by atoms with Crippen LogP contribution in [0.15, 0.2) is 24.3 Å². The number of hydrogen-bond donors (Lipinski definition) is 2. The van der Waals surface area contributed by atoms with Crippen LogP contribution >= 0.6 is 12.2 Å². The second kappa shape index (κ2) is 8.86. The topological polar surface area (TPSA) is 24.1 Å². The van der Waals surface area contributed by atoms with E-state index >= 15 is 0 Å². The van der Waals surface area contributed by atoms with Gasteiger partial charge in [0.05, 0.1) is 0 Å². The fraction of sp³-hybridized carbons (Fsp3) is 0.533. The van der Waals surface area contributed by atoms with Crippen molar-refractivity contribution < 1.29 is 4.39 Å². The molecule has 0 aromatic heterocycles. The van der Waals surface area contributed by atoms with Crippen LogP contribution in [-0.4, -0.2) is 11.7 Å². The van der Waals surface area contributed by atoms with Gasteiger partial charge in [-0.3, -0.25) is 0 Å². The normalized spacial score (nSPS) is 11.9. The molecule has 0 saturated heterocycles. The molecule has 0 spiro atoms. The number of halogens is 1. The largest absolute Gasteiger partial charge is 0.362 e. The highest BCUT2D eigenvalue weighted by Crippen LogP contribution is 2.12. The Morgan fingerprint density at radius 2 is 1.95 bits per heavy atom. The van der Waals surface area contributed by atoms with Crippen LogP contribution in [0.25, 0.3) is 0 Å². The molecule has 0 aliphatic rings. The predicted molar refractivity (Wildman–Crippen MR) is 83.9 cm³/mol. The number of unbranched alkanes of at least 4 members (excludes halogenated alkanes) is 1. The van der Waals surface area contributed by atoms with Crippen molar-refractivity contribution in [2.24, 2.45) is 5.92 Å². The molecule has 0 aliphatic carbocycles. The summed E-state index contributed by atoms with van der Waals surface area (Å²) in [6, 6.07) is 6.19. The molecule has 0 unspecified atom stereocenters. The Morgan fingerprint density at radius 1 is 1.26 bits per heavy atom. The van der Waals surface area contributed by atoms with Crippen molar-refractivity contribution in [3.05, 3.63) is 30.1 Å². The molecule has 1 aromatic rings. The van der Waals surface area contributed by atoms with E-state index in [0.29, 0.717) is 11.0 Å². The minimum absolute atomic E-state index is 0.241. The van der Waals surface area contributed by atoms with Gasteiger partial charge in [-0.2, -0.15) is 0 Å². The van der Waals surface area contributed by atoms with E-state index in [9.17, 15) is 4.39 Å². The first-order valence-electron chi connectivity index (χ1n) is 6.96. The lowest BCUT2D eigenvalue weighted by atomic mass is 9.99. The molecule has 4 heteroatoms. The standard InChI is InChI=1S/C15H23FN2S/c1-3-5-6-12(4-2)11-17-15(19)18-14-9-7-13(16)8-10-14/h7-10,12H,3-6,11H2,1-2H3,(H2,17,18,19)/t12-/m0/s1. The molecular weight excluding hydrogens is 259 g/mol. The summed E-state index contributed by atoms with van der Waals surface area (Å²) >= 11 is 5.23. The van der Waals surface area contributed by atoms with Crippen LogP contribution in [0.5, 0.6) is 0 Å².